The number of nitrogens with one attached hydrogen (secondary N) is 1. The van der Waals surface area contributed by atoms with E-state index in [1.165, 1.54) is 49.6 Å². The van der Waals surface area contributed by atoms with E-state index in [1.807, 2.05) is 0 Å². The molecule has 0 radical (unpaired) electrons. The molecule has 0 aliphatic heterocycles. The van der Waals surface area contributed by atoms with Gasteiger partial charge in [0.05, 0.1) is 0 Å². The number of aryl methyl sites for hydroxylation is 1. The number of carbonyl (C=O) groups is 2. The van der Waals surface area contributed by atoms with E-state index in [0.717, 1.165) is 5.56 Å². The average Bonchev–Trinajstić information content (AvgIpc) is 2.92. The third-order valence-corrected chi connectivity index (χ3v) is 4.95. The van der Waals surface area contributed by atoms with E-state index in [0.29, 0.717) is 12.6 Å². The van der Waals surface area contributed by atoms with Crippen molar-refractivity contribution in [2.24, 2.45) is 0 Å². The van der Waals surface area contributed by atoms with Crippen molar-refractivity contribution in [1.29, 1.82) is 0 Å². The Morgan fingerprint density at radius 3 is 2.69 bits per heavy atom. The van der Waals surface area contributed by atoms with Crippen LogP contribution in [0.3, 0.4) is 0 Å². The summed E-state index contributed by atoms with van der Waals surface area (Å²) in [5.41, 5.74) is 3.42. The molecule has 1 aliphatic rings. The highest BCUT2D eigenvalue weighted by atomic mass is 16.5. The number of hydrogen-bond acceptors (Lipinski definition) is 3. The van der Waals surface area contributed by atoms with Crippen LogP contribution in [0.25, 0.3) is 6.08 Å². The zero-order chi connectivity index (χ0) is 19.1. The zero-order valence-electron chi connectivity index (χ0n) is 16.1. The maximum Gasteiger partial charge on any atom is 0.331 e. The predicted octanol–water partition coefficient (Wildman–Crippen LogP) is 3.86. The Hall–Kier alpha value is -2.30. The fraction of sp³-hybridized carbons (Fsp3) is 0.524. The Labute approximate surface area is 156 Å². The number of carbonyl (C=O) groups excluding carboxylic acids is 2. The van der Waals surface area contributed by atoms with Gasteiger partial charge in [-0.3, -0.25) is 4.79 Å². The van der Waals surface area contributed by atoms with Crippen molar-refractivity contribution in [2.75, 3.05) is 6.54 Å². The molecule has 1 fully saturated rings. The second kappa shape index (κ2) is 9.41. The Morgan fingerprint density at radius 2 is 2.04 bits per heavy atom. The number of amides is 1. The minimum Gasteiger partial charge on any atom is -0.449 e. The molecule has 1 N–H and O–H groups in total. The van der Waals surface area contributed by atoms with Crippen molar-refractivity contribution >= 4 is 18.0 Å². The molecule has 0 bridgehead atoms. The molecule has 0 spiro atoms. The lowest BCUT2D eigenvalue weighted by Crippen LogP contribution is -2.35. The predicted molar refractivity (Wildman–Crippen MR) is 104 cm³/mol. The molecular formula is C21H30N2O3. The first kappa shape index (κ1) is 20.0. The van der Waals surface area contributed by atoms with Gasteiger partial charge in [-0.15, -0.1) is 6.58 Å². The van der Waals surface area contributed by atoms with Crippen molar-refractivity contribution in [3.63, 3.8) is 0 Å². The second-order valence-electron chi connectivity index (χ2n) is 6.93. The Bertz CT molecular complexity index is 682. The molecule has 1 saturated carbocycles. The normalized spacial score (nSPS) is 16.4. The summed E-state index contributed by atoms with van der Waals surface area (Å²) in [7, 11) is 0. The molecule has 0 aromatic carbocycles. The van der Waals surface area contributed by atoms with Crippen LogP contribution in [0.2, 0.25) is 0 Å². The van der Waals surface area contributed by atoms with Gasteiger partial charge in [-0.25, -0.2) is 4.79 Å². The highest BCUT2D eigenvalue weighted by Crippen LogP contribution is 2.32. The van der Waals surface area contributed by atoms with Crippen LogP contribution in [0.4, 0.5) is 0 Å². The fourth-order valence-corrected chi connectivity index (χ4v) is 3.61. The van der Waals surface area contributed by atoms with E-state index in [4.69, 9.17) is 4.74 Å². The lowest BCUT2D eigenvalue weighted by atomic mass is 9.95. The van der Waals surface area contributed by atoms with Crippen molar-refractivity contribution in [3.8, 4) is 0 Å². The van der Waals surface area contributed by atoms with Crippen LogP contribution in [-0.4, -0.2) is 29.1 Å². The van der Waals surface area contributed by atoms with Crippen LogP contribution in [0.15, 0.2) is 24.8 Å². The molecule has 2 rings (SSSR count). The van der Waals surface area contributed by atoms with Gasteiger partial charge in [0.25, 0.3) is 5.91 Å². The van der Waals surface area contributed by atoms with Gasteiger partial charge in [-0.1, -0.05) is 25.3 Å². The lowest BCUT2D eigenvalue weighted by Gasteiger charge is -2.26. The fourth-order valence-electron chi connectivity index (χ4n) is 3.61. The highest BCUT2D eigenvalue weighted by Gasteiger charge is 2.20. The van der Waals surface area contributed by atoms with Gasteiger partial charge in [-0.2, -0.15) is 0 Å². The first-order chi connectivity index (χ1) is 12.4. The maximum atomic E-state index is 12.0. The molecule has 1 amide bonds. The van der Waals surface area contributed by atoms with E-state index in [1.54, 1.807) is 19.1 Å². The first-order valence-corrected chi connectivity index (χ1v) is 9.39. The summed E-state index contributed by atoms with van der Waals surface area (Å²) in [5.74, 6) is -0.851. The minimum atomic E-state index is -0.832. The summed E-state index contributed by atoms with van der Waals surface area (Å²) in [6, 6.07) is 2.67. The van der Waals surface area contributed by atoms with E-state index in [-0.39, 0.29) is 5.91 Å². The van der Waals surface area contributed by atoms with Crippen molar-refractivity contribution in [1.82, 2.24) is 9.88 Å². The van der Waals surface area contributed by atoms with E-state index in [9.17, 15) is 9.59 Å². The molecule has 1 atom stereocenters. The molecule has 1 aromatic rings. The van der Waals surface area contributed by atoms with Gasteiger partial charge in [0.15, 0.2) is 6.10 Å². The van der Waals surface area contributed by atoms with Gasteiger partial charge in [-0.05, 0) is 51.3 Å². The monoisotopic (exact) mass is 358 g/mol. The number of ether oxygens (including phenoxy) is 1. The maximum absolute atomic E-state index is 12.0. The number of hydrogen-bond donors (Lipinski definition) is 1. The van der Waals surface area contributed by atoms with Gasteiger partial charge < -0.3 is 14.6 Å². The standard InChI is InChI=1S/C21H30N2O3/c1-5-13-22-21(25)17(4)26-20(24)12-11-18-14-15(2)23(16(18)3)19-9-7-6-8-10-19/h5,11-12,14,17,19H,1,6-10,13H2,2-4H3,(H,22,25)/b12-11+/t17-/m0/s1. The molecule has 1 heterocycles. The summed E-state index contributed by atoms with van der Waals surface area (Å²) in [5, 5.41) is 2.61. The summed E-state index contributed by atoms with van der Waals surface area (Å²) >= 11 is 0. The molecular weight excluding hydrogens is 328 g/mol. The van der Waals surface area contributed by atoms with Crippen LogP contribution >= 0.6 is 0 Å². The smallest absolute Gasteiger partial charge is 0.331 e. The zero-order valence-corrected chi connectivity index (χ0v) is 16.1. The molecule has 142 valence electrons. The van der Waals surface area contributed by atoms with Crippen LogP contribution in [0, 0.1) is 13.8 Å². The Balaban J connectivity index is 2.00. The van der Waals surface area contributed by atoms with Crippen LogP contribution in [-0.2, 0) is 14.3 Å². The van der Waals surface area contributed by atoms with E-state index >= 15 is 0 Å². The largest absolute Gasteiger partial charge is 0.449 e. The molecule has 5 nitrogen and oxygen atoms in total. The molecule has 26 heavy (non-hydrogen) atoms. The van der Waals surface area contributed by atoms with Gasteiger partial charge in [0.1, 0.15) is 0 Å². The summed E-state index contributed by atoms with van der Waals surface area (Å²) in [6.07, 6.45) is 10.2. The number of nitrogens with zero attached hydrogens (tertiary/aromatic N) is 1. The number of aromatic nitrogens is 1. The topological polar surface area (TPSA) is 60.3 Å². The molecule has 0 saturated heterocycles. The number of esters is 1. The first-order valence-electron chi connectivity index (χ1n) is 9.39. The van der Waals surface area contributed by atoms with Crippen LogP contribution in [0.1, 0.15) is 62.0 Å². The number of rotatable bonds is 7. The van der Waals surface area contributed by atoms with Gasteiger partial charge in [0, 0.05) is 30.1 Å². The summed E-state index contributed by atoms with van der Waals surface area (Å²) in [6.45, 7) is 9.65. The average molecular weight is 358 g/mol. The molecule has 1 aromatic heterocycles. The Morgan fingerprint density at radius 1 is 1.35 bits per heavy atom. The third kappa shape index (κ3) is 5.10. The molecule has 5 heteroatoms. The lowest BCUT2D eigenvalue weighted by molar-refractivity contribution is -0.150. The van der Waals surface area contributed by atoms with Gasteiger partial charge in [0.2, 0.25) is 0 Å². The van der Waals surface area contributed by atoms with E-state index in [2.05, 4.69) is 36.4 Å². The van der Waals surface area contributed by atoms with Crippen molar-refractivity contribution in [2.45, 2.75) is 65.0 Å². The van der Waals surface area contributed by atoms with Crippen LogP contribution < -0.4 is 5.32 Å². The quantitative estimate of drug-likeness (QED) is 0.457. The van der Waals surface area contributed by atoms with Gasteiger partial charge >= 0.3 is 5.97 Å². The third-order valence-electron chi connectivity index (χ3n) is 4.95. The summed E-state index contributed by atoms with van der Waals surface area (Å²) < 4.78 is 7.54. The molecule has 1 aliphatic carbocycles. The SMILES string of the molecule is C=CCNC(=O)[C@H](C)OC(=O)/C=C/c1cc(C)n(C2CCCCC2)c1C. The van der Waals surface area contributed by atoms with Crippen molar-refractivity contribution in [3.05, 3.63) is 41.7 Å². The second-order valence-corrected chi connectivity index (χ2v) is 6.93. The van der Waals surface area contributed by atoms with Crippen molar-refractivity contribution < 1.29 is 14.3 Å². The minimum absolute atomic E-state index is 0.331. The van der Waals surface area contributed by atoms with E-state index < -0.39 is 12.1 Å². The van der Waals surface area contributed by atoms with Crippen LogP contribution in [0.5, 0.6) is 0 Å². The molecule has 0 unspecified atom stereocenters. The Kier molecular flexibility index (Phi) is 7.25. The highest BCUT2D eigenvalue weighted by molar-refractivity contribution is 5.90. The summed E-state index contributed by atoms with van der Waals surface area (Å²) in [4.78, 5) is 23.7.